The monoisotopic (exact) mass is 687 g/mol. The lowest BCUT2D eigenvalue weighted by Gasteiger charge is -2.34. The van der Waals surface area contributed by atoms with Gasteiger partial charge in [0, 0.05) is 5.56 Å². The van der Waals surface area contributed by atoms with Crippen LogP contribution < -0.4 is 0 Å². The first-order valence-electron chi connectivity index (χ1n) is 18.5. The maximum Gasteiger partial charge on any atom is 0.227 e. The molecule has 11 rings (SSSR count). The summed E-state index contributed by atoms with van der Waals surface area (Å²) >= 11 is 0. The molecule has 0 amide bonds. The van der Waals surface area contributed by atoms with Crippen molar-refractivity contribution < 1.29 is 4.42 Å². The van der Waals surface area contributed by atoms with E-state index in [1.54, 1.807) is 0 Å². The molecular weight excluding hydrogens is 655 g/mol. The lowest BCUT2D eigenvalue weighted by molar-refractivity contribution is 0.620. The Bertz CT molecular complexity index is 2900. The molecule has 0 N–H and O–H groups in total. The summed E-state index contributed by atoms with van der Waals surface area (Å²) in [5.41, 5.74) is 14.7. The first kappa shape index (κ1) is 30.6. The van der Waals surface area contributed by atoms with E-state index in [9.17, 15) is 0 Å². The molecule has 54 heavy (non-hydrogen) atoms. The van der Waals surface area contributed by atoms with Crippen molar-refractivity contribution in [1.29, 1.82) is 0 Å². The van der Waals surface area contributed by atoms with Crippen molar-refractivity contribution in [3.63, 3.8) is 0 Å². The molecule has 0 radical (unpaired) electrons. The van der Waals surface area contributed by atoms with E-state index in [4.69, 9.17) is 9.40 Å². The Hall–Kier alpha value is -7.03. The third-order valence-electron chi connectivity index (χ3n) is 11.4. The number of fused-ring (bicyclic) bond motifs is 6. The van der Waals surface area contributed by atoms with Crippen LogP contribution in [0, 0.1) is 0 Å². The number of oxazole rings is 1. The summed E-state index contributed by atoms with van der Waals surface area (Å²) in [7, 11) is 0. The summed E-state index contributed by atoms with van der Waals surface area (Å²) in [6.07, 6.45) is 0. The van der Waals surface area contributed by atoms with E-state index in [1.807, 2.05) is 24.3 Å². The highest BCUT2D eigenvalue weighted by Gasteiger charge is 2.46. The summed E-state index contributed by atoms with van der Waals surface area (Å²) in [5, 5.41) is 4.91. The molecule has 0 saturated carbocycles. The van der Waals surface area contributed by atoms with Gasteiger partial charge in [-0.25, -0.2) is 4.98 Å². The van der Waals surface area contributed by atoms with Gasteiger partial charge < -0.3 is 4.42 Å². The average molecular weight is 688 g/mol. The third-order valence-corrected chi connectivity index (χ3v) is 11.4. The molecule has 0 fully saturated rings. The number of hydrogen-bond donors (Lipinski definition) is 0. The van der Waals surface area contributed by atoms with Crippen molar-refractivity contribution in [2.75, 3.05) is 0 Å². The molecule has 1 heterocycles. The lowest BCUT2D eigenvalue weighted by Crippen LogP contribution is -2.28. The highest BCUT2D eigenvalue weighted by molar-refractivity contribution is 6.21. The fourth-order valence-electron chi connectivity index (χ4n) is 9.13. The molecule has 10 aromatic rings. The number of nitrogens with zero attached hydrogens (tertiary/aromatic N) is 1. The van der Waals surface area contributed by atoms with Crippen LogP contribution in [-0.2, 0) is 5.41 Å². The Morgan fingerprint density at radius 3 is 1.48 bits per heavy atom. The van der Waals surface area contributed by atoms with Crippen LogP contribution in [0.15, 0.2) is 205 Å². The zero-order valence-electron chi connectivity index (χ0n) is 29.4. The van der Waals surface area contributed by atoms with Crippen LogP contribution in [-0.4, -0.2) is 4.98 Å². The Morgan fingerprint density at radius 2 is 0.852 bits per heavy atom. The van der Waals surface area contributed by atoms with Crippen molar-refractivity contribution in [3.05, 3.63) is 222 Å². The normalized spacial score (nSPS) is 13.0. The highest BCUT2D eigenvalue weighted by Crippen LogP contribution is 2.57. The SMILES string of the molecule is c1ccc(C2(c3ccccc3)c3ccccc3-c3ccc(-c4c5ccccc5c(-c5ccc(-c6nc7ccccc7o6)cc5)c5ccccc45)cc32)cc1. The average Bonchev–Trinajstić information content (AvgIpc) is 3.81. The highest BCUT2D eigenvalue weighted by atomic mass is 16.3. The predicted octanol–water partition coefficient (Wildman–Crippen LogP) is 13.5. The summed E-state index contributed by atoms with van der Waals surface area (Å²) in [5.74, 6) is 0.633. The van der Waals surface area contributed by atoms with Gasteiger partial charge in [-0.1, -0.05) is 170 Å². The minimum atomic E-state index is -0.466. The minimum Gasteiger partial charge on any atom is -0.436 e. The molecule has 0 aliphatic heterocycles. The van der Waals surface area contributed by atoms with Crippen LogP contribution in [0.4, 0.5) is 0 Å². The zero-order valence-corrected chi connectivity index (χ0v) is 29.4. The molecule has 1 aliphatic carbocycles. The van der Waals surface area contributed by atoms with Gasteiger partial charge in [0.15, 0.2) is 5.58 Å². The Balaban J connectivity index is 1.15. The molecule has 2 nitrogen and oxygen atoms in total. The third kappa shape index (κ3) is 4.44. The van der Waals surface area contributed by atoms with Gasteiger partial charge in [0.1, 0.15) is 5.52 Å². The van der Waals surface area contributed by atoms with Crippen LogP contribution in [0.3, 0.4) is 0 Å². The maximum absolute atomic E-state index is 6.12. The van der Waals surface area contributed by atoms with E-state index in [1.165, 1.54) is 71.6 Å². The van der Waals surface area contributed by atoms with Crippen LogP contribution in [0.25, 0.3) is 77.5 Å². The van der Waals surface area contributed by atoms with Crippen molar-refractivity contribution in [2.45, 2.75) is 5.41 Å². The largest absolute Gasteiger partial charge is 0.436 e. The smallest absolute Gasteiger partial charge is 0.227 e. The molecule has 2 heteroatoms. The second-order valence-corrected chi connectivity index (χ2v) is 14.2. The first-order valence-corrected chi connectivity index (χ1v) is 18.5. The molecule has 252 valence electrons. The lowest BCUT2D eigenvalue weighted by atomic mass is 9.67. The Labute approximate surface area is 313 Å². The topological polar surface area (TPSA) is 26.0 Å². The van der Waals surface area contributed by atoms with Gasteiger partial charge in [0.25, 0.3) is 0 Å². The van der Waals surface area contributed by atoms with E-state index < -0.39 is 5.41 Å². The molecule has 0 bridgehead atoms. The molecular formula is C52H33NO. The number of rotatable bonds is 5. The molecule has 9 aromatic carbocycles. The summed E-state index contributed by atoms with van der Waals surface area (Å²) in [6.45, 7) is 0. The van der Waals surface area contributed by atoms with E-state index >= 15 is 0 Å². The predicted molar refractivity (Wildman–Crippen MR) is 223 cm³/mol. The van der Waals surface area contributed by atoms with E-state index in [-0.39, 0.29) is 0 Å². The first-order chi connectivity index (χ1) is 26.8. The number of hydrogen-bond acceptors (Lipinski definition) is 2. The van der Waals surface area contributed by atoms with Gasteiger partial charge >= 0.3 is 0 Å². The van der Waals surface area contributed by atoms with Crippen LogP contribution in [0.5, 0.6) is 0 Å². The van der Waals surface area contributed by atoms with Gasteiger partial charge in [-0.15, -0.1) is 0 Å². The van der Waals surface area contributed by atoms with E-state index in [0.717, 1.165) is 22.2 Å². The zero-order chi connectivity index (χ0) is 35.6. The van der Waals surface area contributed by atoms with Crippen molar-refractivity contribution in [2.24, 2.45) is 0 Å². The number of para-hydroxylation sites is 2. The van der Waals surface area contributed by atoms with Gasteiger partial charge in [-0.3, -0.25) is 0 Å². The molecule has 0 atom stereocenters. The second-order valence-electron chi connectivity index (χ2n) is 14.2. The minimum absolute atomic E-state index is 0.466. The van der Waals surface area contributed by atoms with Gasteiger partial charge in [0.05, 0.1) is 5.41 Å². The van der Waals surface area contributed by atoms with E-state index in [0.29, 0.717) is 5.89 Å². The number of benzene rings is 9. The van der Waals surface area contributed by atoms with Gasteiger partial charge in [-0.05, 0) is 108 Å². The van der Waals surface area contributed by atoms with Gasteiger partial charge in [-0.2, -0.15) is 0 Å². The summed E-state index contributed by atoms with van der Waals surface area (Å²) in [6, 6.07) is 72.6. The maximum atomic E-state index is 6.12. The van der Waals surface area contributed by atoms with Crippen LogP contribution in [0.2, 0.25) is 0 Å². The molecule has 1 aliphatic rings. The van der Waals surface area contributed by atoms with Crippen LogP contribution in [0.1, 0.15) is 22.3 Å². The van der Waals surface area contributed by atoms with Crippen LogP contribution >= 0.6 is 0 Å². The molecule has 1 aromatic heterocycles. The quantitative estimate of drug-likeness (QED) is 0.168. The summed E-state index contributed by atoms with van der Waals surface area (Å²) < 4.78 is 6.12. The fraction of sp³-hybridized carbons (Fsp3) is 0.0192. The molecule has 0 unspecified atom stereocenters. The van der Waals surface area contributed by atoms with Gasteiger partial charge in [0.2, 0.25) is 5.89 Å². The van der Waals surface area contributed by atoms with Crippen molar-refractivity contribution in [1.82, 2.24) is 4.98 Å². The standard InChI is InChI=1S/C52H33NO/c1-3-15-37(16-4-1)52(38-17-5-2-6-18-38)45-24-12-11-19-39(45)40-32-31-36(33-46(40)52)50-43-22-9-7-20-41(43)49(42-21-8-10-23-44(42)50)34-27-29-35(30-28-34)51-53-47-25-13-14-26-48(47)54-51/h1-33H. The summed E-state index contributed by atoms with van der Waals surface area (Å²) in [4.78, 5) is 4.75. The molecule has 0 saturated heterocycles. The second kappa shape index (κ2) is 12.0. The Morgan fingerprint density at radius 1 is 0.370 bits per heavy atom. The molecule has 0 spiro atoms. The van der Waals surface area contributed by atoms with Crippen molar-refractivity contribution >= 4 is 32.6 Å². The fourth-order valence-corrected chi connectivity index (χ4v) is 9.13. The van der Waals surface area contributed by atoms with Crippen molar-refractivity contribution in [3.8, 4) is 44.8 Å². The van der Waals surface area contributed by atoms with E-state index in [2.05, 4.69) is 176 Å². The number of aromatic nitrogens is 1. The Kier molecular flexibility index (Phi) is 6.80.